The van der Waals surface area contributed by atoms with Crippen LogP contribution >= 0.6 is 0 Å². The summed E-state index contributed by atoms with van der Waals surface area (Å²) in [6, 6.07) is 0. The third-order valence-corrected chi connectivity index (χ3v) is 0.392. The third-order valence-electron chi connectivity index (χ3n) is 0.392. The molecule has 0 radical (unpaired) electrons. The summed E-state index contributed by atoms with van der Waals surface area (Å²) in [6.45, 7) is 0.219. The van der Waals surface area contributed by atoms with Gasteiger partial charge in [-0.1, -0.05) is 0 Å². The summed E-state index contributed by atoms with van der Waals surface area (Å²) < 4.78 is 0. The van der Waals surface area contributed by atoms with Crippen molar-refractivity contribution in [1.29, 1.82) is 0 Å². The van der Waals surface area contributed by atoms with Crippen LogP contribution in [0.1, 0.15) is 0 Å². The van der Waals surface area contributed by atoms with Gasteiger partial charge in [0.15, 0.2) is 0 Å². The molecule has 0 amide bonds. The molecule has 0 saturated heterocycles. The third kappa shape index (κ3) is 17.7. The summed E-state index contributed by atoms with van der Waals surface area (Å²) in [4.78, 5) is 22.1. The number of aliphatic carboxylic acids is 2. The van der Waals surface area contributed by atoms with E-state index in [1.54, 1.807) is 0 Å². The number of carbonyl (C=O) groups is 2. The monoisotopic (exact) mass is 167 g/mol. The Kier molecular flexibility index (Phi) is 10.0. The first-order valence-electron chi connectivity index (χ1n) is 2.45. The molecule has 0 aliphatic rings. The number of carboxylic acid groups (broad SMARTS) is 2. The van der Waals surface area contributed by atoms with E-state index in [9.17, 15) is 0 Å². The molecule has 0 aliphatic heterocycles. The minimum atomic E-state index is -1.82. The second kappa shape index (κ2) is 8.82. The van der Waals surface area contributed by atoms with Crippen LogP contribution in [0.5, 0.6) is 0 Å². The van der Waals surface area contributed by atoms with Gasteiger partial charge in [-0.05, 0) is 0 Å². The Balaban J connectivity index is 0. The van der Waals surface area contributed by atoms with Crippen LogP contribution in [0, 0.1) is 0 Å². The fourth-order valence-corrected chi connectivity index (χ4v) is 0.0527. The highest BCUT2D eigenvalue weighted by Crippen LogP contribution is 1.56. The van der Waals surface area contributed by atoms with E-state index in [4.69, 9.17) is 24.9 Å². The van der Waals surface area contributed by atoms with Gasteiger partial charge in [0.2, 0.25) is 0 Å². The van der Waals surface area contributed by atoms with Gasteiger partial charge < -0.3 is 20.2 Å². The van der Waals surface area contributed by atoms with Crippen LogP contribution in [0.3, 0.4) is 0 Å². The highest BCUT2D eigenvalue weighted by atomic mass is 16.6. The zero-order chi connectivity index (χ0) is 9.28. The predicted octanol–water partition coefficient (Wildman–Crippen LogP) is -1.98. The topological polar surface area (TPSA) is 130 Å². The summed E-state index contributed by atoms with van der Waals surface area (Å²) in [5.74, 6) is 0.831. The maximum atomic E-state index is 9.10. The number of rotatable bonds is 2. The molecule has 0 unspecified atom stereocenters. The van der Waals surface area contributed by atoms with Gasteiger partial charge >= 0.3 is 11.9 Å². The van der Waals surface area contributed by atoms with Crippen molar-refractivity contribution in [3.63, 3.8) is 0 Å². The number of nitrogens with two attached hydrogens (primary N) is 1. The van der Waals surface area contributed by atoms with Crippen LogP contribution < -0.4 is 5.90 Å². The lowest BCUT2D eigenvalue weighted by molar-refractivity contribution is -0.159. The van der Waals surface area contributed by atoms with Crippen molar-refractivity contribution < 1.29 is 29.7 Å². The molecule has 0 saturated carbocycles. The van der Waals surface area contributed by atoms with Gasteiger partial charge in [-0.25, -0.2) is 15.5 Å². The zero-order valence-electron chi connectivity index (χ0n) is 5.56. The van der Waals surface area contributed by atoms with Crippen LogP contribution in [0.4, 0.5) is 0 Å². The van der Waals surface area contributed by atoms with E-state index in [0.717, 1.165) is 0 Å². The van der Waals surface area contributed by atoms with Crippen molar-refractivity contribution in [2.75, 3.05) is 13.2 Å². The van der Waals surface area contributed by atoms with Gasteiger partial charge in [0.05, 0.1) is 13.2 Å². The van der Waals surface area contributed by atoms with Crippen molar-refractivity contribution in [1.82, 2.24) is 0 Å². The first-order chi connectivity index (χ1) is 5.06. The smallest absolute Gasteiger partial charge is 0.414 e. The van der Waals surface area contributed by atoms with Gasteiger partial charge in [0, 0.05) is 0 Å². The largest absolute Gasteiger partial charge is 0.473 e. The number of aliphatic hydroxyl groups is 1. The van der Waals surface area contributed by atoms with Gasteiger partial charge in [-0.2, -0.15) is 0 Å². The second-order valence-corrected chi connectivity index (χ2v) is 1.20. The highest BCUT2D eigenvalue weighted by molar-refractivity contribution is 6.27. The highest BCUT2D eigenvalue weighted by Gasteiger charge is 2.04. The lowest BCUT2D eigenvalue weighted by Crippen LogP contribution is -2.09. The van der Waals surface area contributed by atoms with Gasteiger partial charge in [0.1, 0.15) is 0 Å². The molecule has 5 N–H and O–H groups in total. The van der Waals surface area contributed by atoms with Gasteiger partial charge in [0.25, 0.3) is 0 Å². The van der Waals surface area contributed by atoms with Gasteiger partial charge in [-0.3, -0.25) is 0 Å². The molecule has 0 aliphatic carbocycles. The number of hydrogen-bond donors (Lipinski definition) is 4. The summed E-state index contributed by atoms with van der Waals surface area (Å²) in [5.41, 5.74) is 0. The average molecular weight is 167 g/mol. The molecular weight excluding hydrogens is 158 g/mol. The standard InChI is InChI=1S/C2H7NO2.C2H2O4/c3-5-2-1-4;3-1(4)2(5)6/h4H,1-3H2;(H,3,4)(H,5,6). The van der Waals surface area contributed by atoms with Crippen molar-refractivity contribution >= 4 is 11.9 Å². The minimum absolute atomic E-state index is 0.00347. The molecule has 0 aromatic heterocycles. The van der Waals surface area contributed by atoms with Crippen molar-refractivity contribution in [3.05, 3.63) is 0 Å². The maximum absolute atomic E-state index is 9.10. The SMILES string of the molecule is NOCCO.O=C(O)C(=O)O. The molecule has 0 aromatic rings. The van der Waals surface area contributed by atoms with Crippen LogP contribution in [0.25, 0.3) is 0 Å². The first kappa shape index (κ1) is 12.5. The molecule has 0 aromatic carbocycles. The first-order valence-corrected chi connectivity index (χ1v) is 2.45. The predicted molar refractivity (Wildman–Crippen MR) is 32.5 cm³/mol. The molecule has 0 bridgehead atoms. The Bertz CT molecular complexity index is 110. The molecule has 66 valence electrons. The van der Waals surface area contributed by atoms with E-state index in [0.29, 0.717) is 0 Å². The van der Waals surface area contributed by atoms with E-state index in [1.807, 2.05) is 0 Å². The van der Waals surface area contributed by atoms with Crippen LogP contribution in [0.2, 0.25) is 0 Å². The Morgan fingerprint density at radius 3 is 1.64 bits per heavy atom. The van der Waals surface area contributed by atoms with Crippen molar-refractivity contribution in [2.24, 2.45) is 5.90 Å². The average Bonchev–Trinajstić information content (AvgIpc) is 1.90. The minimum Gasteiger partial charge on any atom is -0.473 e. The summed E-state index contributed by atoms with van der Waals surface area (Å²) in [6.07, 6.45) is 0. The van der Waals surface area contributed by atoms with Crippen LogP contribution in [-0.2, 0) is 14.4 Å². The number of aliphatic hydroxyl groups excluding tert-OH is 1. The summed E-state index contributed by atoms with van der Waals surface area (Å²) >= 11 is 0. The van der Waals surface area contributed by atoms with E-state index in [1.165, 1.54) is 0 Å². The zero-order valence-corrected chi connectivity index (χ0v) is 5.56. The van der Waals surface area contributed by atoms with Crippen LogP contribution in [0.15, 0.2) is 0 Å². The second-order valence-electron chi connectivity index (χ2n) is 1.20. The fraction of sp³-hybridized carbons (Fsp3) is 0.500. The molecule has 7 nitrogen and oxygen atoms in total. The molecule has 11 heavy (non-hydrogen) atoms. The number of carboxylic acids is 2. The Labute approximate surface area is 62.0 Å². The van der Waals surface area contributed by atoms with E-state index < -0.39 is 11.9 Å². The Morgan fingerprint density at radius 2 is 1.64 bits per heavy atom. The maximum Gasteiger partial charge on any atom is 0.414 e. The lowest BCUT2D eigenvalue weighted by Gasteiger charge is -1.83. The normalized spacial score (nSPS) is 7.82. The molecule has 0 heterocycles. The summed E-state index contributed by atoms with van der Waals surface area (Å²) in [5, 5.41) is 22.6. The molecule has 0 spiro atoms. The quantitative estimate of drug-likeness (QED) is 0.277. The molecule has 0 atom stereocenters. The van der Waals surface area contributed by atoms with Crippen molar-refractivity contribution in [2.45, 2.75) is 0 Å². The molecular formula is C4H9NO6. The molecule has 0 fully saturated rings. The molecule has 0 rings (SSSR count). The molecule has 7 heteroatoms. The van der Waals surface area contributed by atoms with Crippen LogP contribution in [-0.4, -0.2) is 40.5 Å². The van der Waals surface area contributed by atoms with E-state index in [2.05, 4.69) is 10.7 Å². The fourth-order valence-electron chi connectivity index (χ4n) is 0.0527. The van der Waals surface area contributed by atoms with E-state index in [-0.39, 0.29) is 13.2 Å². The van der Waals surface area contributed by atoms with E-state index >= 15 is 0 Å². The summed E-state index contributed by atoms with van der Waals surface area (Å²) in [7, 11) is 0. The van der Waals surface area contributed by atoms with Gasteiger partial charge in [-0.15, -0.1) is 0 Å². The lowest BCUT2D eigenvalue weighted by atomic mass is 10.7. The Morgan fingerprint density at radius 1 is 1.27 bits per heavy atom. The number of hydrogen-bond acceptors (Lipinski definition) is 5. The van der Waals surface area contributed by atoms with Crippen molar-refractivity contribution in [3.8, 4) is 0 Å². The Hall–Kier alpha value is -1.18.